The summed E-state index contributed by atoms with van der Waals surface area (Å²) in [4.78, 5) is 0. The average Bonchev–Trinajstić information content (AvgIpc) is 3.02. The fraction of sp³-hybridized carbons (Fsp3) is 0.308. The lowest BCUT2D eigenvalue weighted by Crippen LogP contribution is -2.11. The van der Waals surface area contributed by atoms with Gasteiger partial charge in [-0.3, -0.25) is 0 Å². The predicted molar refractivity (Wildman–Crippen MR) is 69.0 cm³/mol. The Hall–Kier alpha value is -1.17. The van der Waals surface area contributed by atoms with Crippen LogP contribution in [0.4, 0.5) is 0 Å². The van der Waals surface area contributed by atoms with E-state index >= 15 is 0 Å². The van der Waals surface area contributed by atoms with Gasteiger partial charge < -0.3 is 14.0 Å². The highest BCUT2D eigenvalue weighted by Crippen LogP contribution is 2.23. The van der Waals surface area contributed by atoms with Gasteiger partial charge in [0.1, 0.15) is 0 Å². The molecule has 0 amide bonds. The summed E-state index contributed by atoms with van der Waals surface area (Å²) in [7, 11) is 0. The first-order chi connectivity index (χ1) is 8.81. The van der Waals surface area contributed by atoms with Crippen LogP contribution in [0.1, 0.15) is 5.69 Å². The van der Waals surface area contributed by atoms with E-state index in [-0.39, 0.29) is 6.29 Å². The third-order valence-electron chi connectivity index (χ3n) is 2.75. The van der Waals surface area contributed by atoms with Crippen LogP contribution in [0.5, 0.6) is 0 Å². The molecular formula is C13H12BrNO3. The molecule has 1 aromatic carbocycles. The van der Waals surface area contributed by atoms with Gasteiger partial charge in [-0.05, 0) is 12.1 Å². The van der Waals surface area contributed by atoms with E-state index in [0.717, 1.165) is 21.5 Å². The minimum absolute atomic E-state index is 0.187. The number of benzene rings is 1. The molecule has 2 aromatic rings. The number of ether oxygens (including phenoxy) is 2. The van der Waals surface area contributed by atoms with Crippen LogP contribution < -0.4 is 0 Å². The molecule has 0 N–H and O–H groups in total. The Morgan fingerprint density at radius 2 is 1.89 bits per heavy atom. The zero-order valence-electron chi connectivity index (χ0n) is 9.64. The molecule has 0 bridgehead atoms. The van der Waals surface area contributed by atoms with Gasteiger partial charge in [-0.1, -0.05) is 33.2 Å². The summed E-state index contributed by atoms with van der Waals surface area (Å²) in [6.07, 6.45) is 0.438. The molecule has 1 aliphatic rings. The molecule has 0 saturated carbocycles. The number of nitrogens with zero attached hydrogens (tertiary/aromatic N) is 1. The van der Waals surface area contributed by atoms with E-state index in [9.17, 15) is 0 Å². The van der Waals surface area contributed by atoms with E-state index in [2.05, 4.69) is 21.1 Å². The maximum absolute atomic E-state index is 5.38. The molecule has 0 radical (unpaired) electrons. The van der Waals surface area contributed by atoms with Crippen LogP contribution in [0.2, 0.25) is 0 Å². The molecular weight excluding hydrogens is 298 g/mol. The van der Waals surface area contributed by atoms with Gasteiger partial charge in [-0.15, -0.1) is 0 Å². The van der Waals surface area contributed by atoms with Gasteiger partial charge >= 0.3 is 0 Å². The molecule has 0 atom stereocenters. The van der Waals surface area contributed by atoms with Crippen molar-refractivity contribution in [3.63, 3.8) is 0 Å². The summed E-state index contributed by atoms with van der Waals surface area (Å²) in [5.74, 6) is 0.760. The summed E-state index contributed by atoms with van der Waals surface area (Å²) in [5, 5.41) is 4.03. The Morgan fingerprint density at radius 1 is 1.17 bits per heavy atom. The lowest BCUT2D eigenvalue weighted by atomic mass is 10.1. The molecule has 1 saturated heterocycles. The van der Waals surface area contributed by atoms with E-state index in [1.54, 1.807) is 0 Å². The van der Waals surface area contributed by atoms with Gasteiger partial charge in [-0.2, -0.15) is 0 Å². The normalized spacial score (nSPS) is 16.3. The Kier molecular flexibility index (Phi) is 3.45. The molecule has 4 nitrogen and oxygen atoms in total. The summed E-state index contributed by atoms with van der Waals surface area (Å²) >= 11 is 3.40. The Balaban J connectivity index is 1.74. The Labute approximate surface area is 113 Å². The van der Waals surface area contributed by atoms with E-state index in [0.29, 0.717) is 19.6 Å². The van der Waals surface area contributed by atoms with Crippen molar-refractivity contribution in [1.82, 2.24) is 5.16 Å². The summed E-state index contributed by atoms with van der Waals surface area (Å²) in [5.41, 5.74) is 1.85. The third-order valence-corrected chi connectivity index (χ3v) is 3.28. The quantitative estimate of drug-likeness (QED) is 0.874. The molecule has 0 spiro atoms. The van der Waals surface area contributed by atoms with Crippen LogP contribution in [0.25, 0.3) is 11.3 Å². The molecule has 5 heteroatoms. The highest BCUT2D eigenvalue weighted by atomic mass is 79.9. The molecule has 18 heavy (non-hydrogen) atoms. The van der Waals surface area contributed by atoms with Gasteiger partial charge in [0, 0.05) is 22.5 Å². The minimum Gasteiger partial charge on any atom is -0.356 e. The van der Waals surface area contributed by atoms with Gasteiger partial charge in [0.2, 0.25) is 0 Å². The monoisotopic (exact) mass is 309 g/mol. The highest BCUT2D eigenvalue weighted by molar-refractivity contribution is 9.10. The van der Waals surface area contributed by atoms with Crippen molar-refractivity contribution in [3.05, 3.63) is 40.5 Å². The smallest absolute Gasteiger partial charge is 0.167 e. The van der Waals surface area contributed by atoms with E-state index in [1.165, 1.54) is 0 Å². The van der Waals surface area contributed by atoms with Crippen LogP contribution in [-0.4, -0.2) is 24.7 Å². The average molecular weight is 310 g/mol. The van der Waals surface area contributed by atoms with Crippen LogP contribution in [-0.2, 0) is 15.9 Å². The van der Waals surface area contributed by atoms with Crippen LogP contribution in [0.3, 0.4) is 0 Å². The molecule has 1 aliphatic heterocycles. The van der Waals surface area contributed by atoms with Crippen LogP contribution in [0, 0.1) is 0 Å². The topological polar surface area (TPSA) is 44.5 Å². The number of rotatable bonds is 3. The zero-order valence-corrected chi connectivity index (χ0v) is 11.2. The highest BCUT2D eigenvalue weighted by Gasteiger charge is 2.18. The van der Waals surface area contributed by atoms with E-state index in [1.807, 2.05) is 30.3 Å². The van der Waals surface area contributed by atoms with Crippen LogP contribution >= 0.6 is 15.9 Å². The lowest BCUT2D eigenvalue weighted by molar-refractivity contribution is -0.0409. The molecule has 3 rings (SSSR count). The molecule has 0 aliphatic carbocycles. The van der Waals surface area contributed by atoms with Crippen molar-refractivity contribution in [2.75, 3.05) is 13.2 Å². The zero-order chi connectivity index (χ0) is 12.4. The van der Waals surface area contributed by atoms with Gasteiger partial charge in [0.15, 0.2) is 12.1 Å². The van der Waals surface area contributed by atoms with Gasteiger partial charge in [0.05, 0.1) is 18.9 Å². The molecule has 1 aromatic heterocycles. The second kappa shape index (κ2) is 5.22. The molecule has 0 unspecified atom stereocenters. The fourth-order valence-electron chi connectivity index (χ4n) is 1.85. The van der Waals surface area contributed by atoms with E-state index in [4.69, 9.17) is 14.0 Å². The lowest BCUT2D eigenvalue weighted by Gasteiger charge is -2.04. The van der Waals surface area contributed by atoms with Crippen molar-refractivity contribution in [2.24, 2.45) is 0 Å². The summed E-state index contributed by atoms with van der Waals surface area (Å²) in [6.45, 7) is 1.31. The SMILES string of the molecule is Brc1ccc(-c2cc(CC3OCCO3)no2)cc1. The third kappa shape index (κ3) is 2.63. The number of aromatic nitrogens is 1. The maximum atomic E-state index is 5.38. The molecule has 2 heterocycles. The number of hydrogen-bond acceptors (Lipinski definition) is 4. The first kappa shape index (κ1) is 11.9. The predicted octanol–water partition coefficient (Wildman–Crippen LogP) is 3.02. The van der Waals surface area contributed by atoms with Crippen molar-refractivity contribution in [1.29, 1.82) is 0 Å². The van der Waals surface area contributed by atoms with Gasteiger partial charge in [-0.25, -0.2) is 0 Å². The molecule has 94 valence electrons. The Bertz CT molecular complexity index is 517. The molecule has 1 fully saturated rings. The second-order valence-electron chi connectivity index (χ2n) is 4.06. The standard InChI is InChI=1S/C13H12BrNO3/c14-10-3-1-9(2-4-10)12-7-11(15-18-12)8-13-16-5-6-17-13/h1-4,7,13H,5-6,8H2. The van der Waals surface area contributed by atoms with Crippen LogP contribution in [0.15, 0.2) is 39.3 Å². The van der Waals surface area contributed by atoms with Gasteiger partial charge in [0.25, 0.3) is 0 Å². The summed E-state index contributed by atoms with van der Waals surface area (Å²) in [6, 6.07) is 9.84. The second-order valence-corrected chi connectivity index (χ2v) is 4.98. The summed E-state index contributed by atoms with van der Waals surface area (Å²) < 4.78 is 17.1. The maximum Gasteiger partial charge on any atom is 0.167 e. The fourth-order valence-corrected chi connectivity index (χ4v) is 2.12. The number of halogens is 1. The largest absolute Gasteiger partial charge is 0.356 e. The first-order valence-electron chi connectivity index (χ1n) is 5.76. The number of hydrogen-bond donors (Lipinski definition) is 0. The van der Waals surface area contributed by atoms with Crippen molar-refractivity contribution in [2.45, 2.75) is 12.7 Å². The van der Waals surface area contributed by atoms with Crippen molar-refractivity contribution in [3.8, 4) is 11.3 Å². The van der Waals surface area contributed by atoms with Crippen molar-refractivity contribution >= 4 is 15.9 Å². The minimum atomic E-state index is -0.187. The first-order valence-corrected chi connectivity index (χ1v) is 6.55. The van der Waals surface area contributed by atoms with E-state index < -0.39 is 0 Å². The van der Waals surface area contributed by atoms with Crippen molar-refractivity contribution < 1.29 is 14.0 Å². The Morgan fingerprint density at radius 3 is 2.61 bits per heavy atom.